The number of ether oxygens (including phenoxy) is 1. The van der Waals surface area contributed by atoms with E-state index in [1.807, 2.05) is 13.8 Å². The first-order valence-corrected chi connectivity index (χ1v) is 6.52. The van der Waals surface area contributed by atoms with Gasteiger partial charge in [0, 0.05) is 16.5 Å². The van der Waals surface area contributed by atoms with Crippen molar-refractivity contribution < 1.29 is 9.53 Å². The summed E-state index contributed by atoms with van der Waals surface area (Å²) < 4.78 is 5.66. The van der Waals surface area contributed by atoms with Gasteiger partial charge in [-0.25, -0.2) is 0 Å². The molecule has 0 N–H and O–H groups in total. The molecule has 0 spiro atoms. The van der Waals surface area contributed by atoms with Crippen molar-refractivity contribution >= 4 is 17.4 Å². The molecule has 0 radical (unpaired) electrons. The van der Waals surface area contributed by atoms with E-state index in [0.717, 1.165) is 0 Å². The summed E-state index contributed by atoms with van der Waals surface area (Å²) in [5.74, 6) is 1.55. The fraction of sp³-hybridized carbons (Fsp3) is 0.188. The van der Waals surface area contributed by atoms with E-state index in [-0.39, 0.29) is 11.7 Å². The summed E-state index contributed by atoms with van der Waals surface area (Å²) in [6.07, 6.45) is 0. The second-order valence-electron chi connectivity index (χ2n) is 4.60. The summed E-state index contributed by atoms with van der Waals surface area (Å²) in [5.41, 5.74) is 0.707. The number of hydrogen-bond acceptors (Lipinski definition) is 2. The van der Waals surface area contributed by atoms with Gasteiger partial charge in [0.05, 0.1) is 0 Å². The second kappa shape index (κ2) is 5.89. The van der Waals surface area contributed by atoms with Crippen LogP contribution in [0, 0.1) is 5.92 Å². The lowest BCUT2D eigenvalue weighted by atomic mass is 10.0. The van der Waals surface area contributed by atoms with E-state index >= 15 is 0 Å². The van der Waals surface area contributed by atoms with E-state index in [2.05, 4.69) is 0 Å². The third kappa shape index (κ3) is 3.58. The minimum absolute atomic E-state index is 0.00281. The third-order valence-corrected chi connectivity index (χ3v) is 2.96. The van der Waals surface area contributed by atoms with Crippen LogP contribution in [0.3, 0.4) is 0 Å². The minimum atomic E-state index is 0.00281. The number of ketones is 1. The van der Waals surface area contributed by atoms with Gasteiger partial charge >= 0.3 is 0 Å². The molecule has 0 amide bonds. The number of rotatable bonds is 4. The van der Waals surface area contributed by atoms with Gasteiger partial charge in [0.2, 0.25) is 0 Å². The molecular formula is C16H15ClO2. The van der Waals surface area contributed by atoms with Gasteiger partial charge in [-0.15, -0.1) is 0 Å². The predicted octanol–water partition coefficient (Wildman–Crippen LogP) is 4.97. The van der Waals surface area contributed by atoms with Gasteiger partial charge in [-0.05, 0) is 48.5 Å². The van der Waals surface area contributed by atoms with Gasteiger partial charge in [-0.3, -0.25) is 4.79 Å². The molecule has 0 unspecified atom stereocenters. The van der Waals surface area contributed by atoms with E-state index in [9.17, 15) is 4.79 Å². The Balaban J connectivity index is 2.10. The van der Waals surface area contributed by atoms with E-state index in [4.69, 9.17) is 16.3 Å². The van der Waals surface area contributed by atoms with Crippen LogP contribution >= 0.6 is 11.6 Å². The van der Waals surface area contributed by atoms with E-state index in [0.29, 0.717) is 22.1 Å². The Morgan fingerprint density at radius 1 is 0.947 bits per heavy atom. The van der Waals surface area contributed by atoms with Crippen LogP contribution in [0.15, 0.2) is 48.5 Å². The van der Waals surface area contributed by atoms with Crippen LogP contribution in [0.25, 0.3) is 0 Å². The summed E-state index contributed by atoms with van der Waals surface area (Å²) in [7, 11) is 0. The number of carbonyl (C=O) groups is 1. The highest BCUT2D eigenvalue weighted by Gasteiger charge is 2.10. The Hall–Kier alpha value is -1.80. The van der Waals surface area contributed by atoms with Crippen LogP contribution in [0.5, 0.6) is 11.5 Å². The predicted molar refractivity (Wildman–Crippen MR) is 77.1 cm³/mol. The van der Waals surface area contributed by atoms with Crippen molar-refractivity contribution in [2.45, 2.75) is 13.8 Å². The maximum atomic E-state index is 11.8. The molecule has 0 aliphatic carbocycles. The van der Waals surface area contributed by atoms with Crippen molar-refractivity contribution in [3.8, 4) is 11.5 Å². The number of Topliss-reactive ketones (excluding diaryl/α,β-unsaturated/α-hetero) is 1. The van der Waals surface area contributed by atoms with E-state index < -0.39 is 0 Å². The van der Waals surface area contributed by atoms with E-state index in [1.165, 1.54) is 0 Å². The summed E-state index contributed by atoms with van der Waals surface area (Å²) in [6, 6.07) is 14.3. The molecule has 0 fully saturated rings. The normalized spacial score (nSPS) is 10.5. The SMILES string of the molecule is CC(C)C(=O)c1ccc(Oc2ccc(Cl)cc2)cc1. The first-order chi connectivity index (χ1) is 9.06. The van der Waals surface area contributed by atoms with Gasteiger partial charge in [-0.1, -0.05) is 25.4 Å². The lowest BCUT2D eigenvalue weighted by Gasteiger charge is -2.07. The maximum Gasteiger partial charge on any atom is 0.165 e. The molecule has 0 aromatic heterocycles. The smallest absolute Gasteiger partial charge is 0.165 e. The summed E-state index contributed by atoms with van der Waals surface area (Å²) in [6.45, 7) is 3.78. The second-order valence-corrected chi connectivity index (χ2v) is 5.04. The minimum Gasteiger partial charge on any atom is -0.457 e. The fourth-order valence-corrected chi connectivity index (χ4v) is 1.79. The molecule has 98 valence electrons. The van der Waals surface area contributed by atoms with Crippen LogP contribution in [-0.4, -0.2) is 5.78 Å². The fourth-order valence-electron chi connectivity index (χ4n) is 1.66. The largest absolute Gasteiger partial charge is 0.457 e. The van der Waals surface area contributed by atoms with Crippen LogP contribution in [0.1, 0.15) is 24.2 Å². The lowest BCUT2D eigenvalue weighted by molar-refractivity contribution is 0.0939. The number of carbonyl (C=O) groups excluding carboxylic acids is 1. The molecule has 3 heteroatoms. The Morgan fingerprint density at radius 2 is 1.42 bits per heavy atom. The highest BCUT2D eigenvalue weighted by molar-refractivity contribution is 6.30. The van der Waals surface area contributed by atoms with Gasteiger partial charge < -0.3 is 4.74 Å². The standard InChI is InChI=1S/C16H15ClO2/c1-11(2)16(18)12-3-7-14(8-4-12)19-15-9-5-13(17)6-10-15/h3-11H,1-2H3. The molecule has 2 rings (SSSR count). The van der Waals surface area contributed by atoms with E-state index in [1.54, 1.807) is 48.5 Å². The molecular weight excluding hydrogens is 260 g/mol. The van der Waals surface area contributed by atoms with Gasteiger partial charge in [0.1, 0.15) is 11.5 Å². The van der Waals surface area contributed by atoms with Crippen molar-refractivity contribution in [2.24, 2.45) is 5.92 Å². The molecule has 2 aromatic carbocycles. The molecule has 0 heterocycles. The number of hydrogen-bond donors (Lipinski definition) is 0. The van der Waals surface area contributed by atoms with Crippen molar-refractivity contribution in [2.75, 3.05) is 0 Å². The molecule has 0 saturated carbocycles. The first-order valence-electron chi connectivity index (χ1n) is 6.14. The molecule has 19 heavy (non-hydrogen) atoms. The monoisotopic (exact) mass is 274 g/mol. The highest BCUT2D eigenvalue weighted by Crippen LogP contribution is 2.23. The maximum absolute atomic E-state index is 11.8. The summed E-state index contributed by atoms with van der Waals surface area (Å²) in [5, 5.41) is 0.672. The Labute approximate surface area is 118 Å². The first kappa shape index (κ1) is 13.6. The van der Waals surface area contributed by atoms with Crippen molar-refractivity contribution in [1.82, 2.24) is 0 Å². The van der Waals surface area contributed by atoms with Crippen LogP contribution < -0.4 is 4.74 Å². The highest BCUT2D eigenvalue weighted by atomic mass is 35.5. The zero-order valence-electron chi connectivity index (χ0n) is 10.9. The van der Waals surface area contributed by atoms with Crippen molar-refractivity contribution in [1.29, 1.82) is 0 Å². The average Bonchev–Trinajstić information content (AvgIpc) is 2.41. The zero-order chi connectivity index (χ0) is 13.8. The lowest BCUT2D eigenvalue weighted by Crippen LogP contribution is -2.06. The van der Waals surface area contributed by atoms with Crippen LogP contribution in [0.2, 0.25) is 5.02 Å². The number of benzene rings is 2. The molecule has 0 saturated heterocycles. The Bertz CT molecular complexity index is 556. The van der Waals surface area contributed by atoms with Gasteiger partial charge in [0.25, 0.3) is 0 Å². The summed E-state index contributed by atoms with van der Waals surface area (Å²) in [4.78, 5) is 11.8. The quantitative estimate of drug-likeness (QED) is 0.736. The molecule has 2 nitrogen and oxygen atoms in total. The van der Waals surface area contributed by atoms with Crippen LogP contribution in [0.4, 0.5) is 0 Å². The van der Waals surface area contributed by atoms with Gasteiger partial charge in [0.15, 0.2) is 5.78 Å². The van der Waals surface area contributed by atoms with Crippen molar-refractivity contribution in [3.05, 3.63) is 59.1 Å². The van der Waals surface area contributed by atoms with Crippen molar-refractivity contribution in [3.63, 3.8) is 0 Å². The third-order valence-electron chi connectivity index (χ3n) is 2.71. The Kier molecular flexibility index (Phi) is 4.23. The average molecular weight is 275 g/mol. The Morgan fingerprint density at radius 3 is 1.89 bits per heavy atom. The molecule has 0 aliphatic rings. The topological polar surface area (TPSA) is 26.3 Å². The van der Waals surface area contributed by atoms with Crippen LogP contribution in [-0.2, 0) is 0 Å². The van der Waals surface area contributed by atoms with Gasteiger partial charge in [-0.2, -0.15) is 0 Å². The molecule has 0 atom stereocenters. The zero-order valence-corrected chi connectivity index (χ0v) is 11.6. The summed E-state index contributed by atoms with van der Waals surface area (Å²) >= 11 is 5.81. The molecule has 0 aliphatic heterocycles. The molecule has 0 bridgehead atoms. The molecule has 2 aromatic rings. The number of halogens is 1.